The highest BCUT2D eigenvalue weighted by atomic mass is 79.9. The van der Waals surface area contributed by atoms with E-state index in [2.05, 4.69) is 21.0 Å². The van der Waals surface area contributed by atoms with Gasteiger partial charge in [0.15, 0.2) is 0 Å². The van der Waals surface area contributed by atoms with Crippen LogP contribution in [0.3, 0.4) is 0 Å². The molecule has 4 nitrogen and oxygen atoms in total. The van der Waals surface area contributed by atoms with Gasteiger partial charge in [0.05, 0.1) is 27.4 Å². The van der Waals surface area contributed by atoms with E-state index in [1.165, 1.54) is 16.8 Å². The number of benzene rings is 1. The first-order valence-electron chi connectivity index (χ1n) is 5.39. The van der Waals surface area contributed by atoms with Crippen LogP contribution in [-0.2, 0) is 13.7 Å². The zero-order chi connectivity index (χ0) is 14.2. The van der Waals surface area contributed by atoms with Crippen LogP contribution in [-0.4, -0.2) is 14.9 Å². The summed E-state index contributed by atoms with van der Waals surface area (Å²) in [6.07, 6.45) is 0. The molecule has 102 valence electrons. The Labute approximate surface area is 122 Å². The average molecular weight is 350 g/mol. The van der Waals surface area contributed by atoms with Crippen molar-refractivity contribution < 1.29 is 14.2 Å². The van der Waals surface area contributed by atoms with Crippen molar-refractivity contribution in [3.8, 4) is 11.6 Å². The maximum absolute atomic E-state index is 13.4. The van der Waals surface area contributed by atoms with Crippen molar-refractivity contribution in [2.75, 3.05) is 0 Å². The fraction of sp³-hybridized carbons (Fsp3) is 0.250. The SMILES string of the molecule is Cc1nn(C)c(Oc2cc(F)c(Cl)cc2Br)c1CO. The van der Waals surface area contributed by atoms with E-state index >= 15 is 0 Å². The van der Waals surface area contributed by atoms with Crippen LogP contribution in [0.15, 0.2) is 16.6 Å². The molecule has 0 radical (unpaired) electrons. The molecule has 19 heavy (non-hydrogen) atoms. The molecular weight excluding hydrogens is 338 g/mol. The van der Waals surface area contributed by atoms with E-state index in [1.807, 2.05) is 0 Å². The molecule has 0 saturated heterocycles. The highest BCUT2D eigenvalue weighted by Crippen LogP contribution is 2.35. The van der Waals surface area contributed by atoms with Gasteiger partial charge in [-0.3, -0.25) is 0 Å². The number of hydrogen-bond acceptors (Lipinski definition) is 3. The van der Waals surface area contributed by atoms with Crippen LogP contribution >= 0.6 is 27.5 Å². The smallest absolute Gasteiger partial charge is 0.223 e. The highest BCUT2D eigenvalue weighted by molar-refractivity contribution is 9.10. The Balaban J connectivity index is 2.44. The lowest BCUT2D eigenvalue weighted by Gasteiger charge is -2.10. The molecule has 0 saturated carbocycles. The molecular formula is C12H11BrClFN2O2. The molecule has 2 aromatic rings. The predicted octanol–water partition coefficient (Wildman–Crippen LogP) is 3.57. The summed E-state index contributed by atoms with van der Waals surface area (Å²) >= 11 is 8.91. The maximum atomic E-state index is 13.4. The first-order valence-corrected chi connectivity index (χ1v) is 6.57. The lowest BCUT2D eigenvalue weighted by molar-refractivity contribution is 0.274. The third-order valence-corrected chi connectivity index (χ3v) is 3.54. The fourth-order valence-corrected chi connectivity index (χ4v) is 2.40. The summed E-state index contributed by atoms with van der Waals surface area (Å²) in [5, 5.41) is 13.5. The molecule has 0 spiro atoms. The Morgan fingerprint density at radius 2 is 2.21 bits per heavy atom. The topological polar surface area (TPSA) is 47.3 Å². The lowest BCUT2D eigenvalue weighted by atomic mass is 10.2. The van der Waals surface area contributed by atoms with Crippen molar-refractivity contribution in [2.24, 2.45) is 7.05 Å². The second-order valence-electron chi connectivity index (χ2n) is 3.95. The summed E-state index contributed by atoms with van der Waals surface area (Å²) in [6.45, 7) is 1.55. The monoisotopic (exact) mass is 348 g/mol. The molecule has 0 atom stereocenters. The van der Waals surface area contributed by atoms with Gasteiger partial charge in [-0.15, -0.1) is 0 Å². The number of ether oxygens (including phenoxy) is 1. The molecule has 2 rings (SSSR count). The molecule has 0 aliphatic heterocycles. The van der Waals surface area contributed by atoms with Gasteiger partial charge in [0, 0.05) is 13.1 Å². The van der Waals surface area contributed by atoms with E-state index in [-0.39, 0.29) is 17.4 Å². The van der Waals surface area contributed by atoms with Crippen LogP contribution in [0.5, 0.6) is 11.6 Å². The van der Waals surface area contributed by atoms with Gasteiger partial charge in [-0.25, -0.2) is 9.07 Å². The number of aliphatic hydroxyl groups excluding tert-OH is 1. The van der Waals surface area contributed by atoms with Crippen molar-refractivity contribution in [3.05, 3.63) is 38.7 Å². The fourth-order valence-electron chi connectivity index (χ4n) is 1.68. The van der Waals surface area contributed by atoms with Gasteiger partial charge in [0.25, 0.3) is 0 Å². The zero-order valence-electron chi connectivity index (χ0n) is 10.2. The number of nitrogens with zero attached hydrogens (tertiary/aromatic N) is 2. The van der Waals surface area contributed by atoms with E-state index in [9.17, 15) is 9.50 Å². The van der Waals surface area contributed by atoms with Crippen LogP contribution in [0, 0.1) is 12.7 Å². The van der Waals surface area contributed by atoms with Crippen LogP contribution < -0.4 is 4.74 Å². The highest BCUT2D eigenvalue weighted by Gasteiger charge is 2.17. The summed E-state index contributed by atoms with van der Waals surface area (Å²) in [5.74, 6) is 0.0475. The van der Waals surface area contributed by atoms with E-state index in [0.29, 0.717) is 21.6 Å². The van der Waals surface area contributed by atoms with Crippen LogP contribution in [0.2, 0.25) is 5.02 Å². The molecule has 0 bridgehead atoms. The summed E-state index contributed by atoms with van der Waals surface area (Å²) < 4.78 is 21.1. The van der Waals surface area contributed by atoms with Gasteiger partial charge in [0.1, 0.15) is 11.6 Å². The number of hydrogen-bond donors (Lipinski definition) is 1. The Kier molecular flexibility index (Phi) is 4.13. The summed E-state index contributed by atoms with van der Waals surface area (Å²) in [6, 6.07) is 2.59. The van der Waals surface area contributed by atoms with Gasteiger partial charge >= 0.3 is 0 Å². The van der Waals surface area contributed by atoms with Gasteiger partial charge in [-0.05, 0) is 28.9 Å². The molecule has 0 amide bonds. The standard InChI is InChI=1S/C12H11BrClFN2O2/c1-6-7(5-18)12(17(2)16-6)19-11-4-10(15)9(14)3-8(11)13/h3-4,18H,5H2,1-2H3. The molecule has 1 aromatic heterocycles. The summed E-state index contributed by atoms with van der Waals surface area (Å²) in [4.78, 5) is 0. The van der Waals surface area contributed by atoms with E-state index in [1.54, 1.807) is 14.0 Å². The Hall–Kier alpha value is -1.11. The summed E-state index contributed by atoms with van der Waals surface area (Å²) in [5.41, 5.74) is 1.22. The third-order valence-electron chi connectivity index (χ3n) is 2.63. The zero-order valence-corrected chi connectivity index (χ0v) is 12.6. The largest absolute Gasteiger partial charge is 0.438 e. The van der Waals surface area contributed by atoms with Gasteiger partial charge in [0.2, 0.25) is 5.88 Å². The van der Waals surface area contributed by atoms with Crippen LogP contribution in [0.1, 0.15) is 11.3 Å². The van der Waals surface area contributed by atoms with Crippen molar-refractivity contribution >= 4 is 27.5 Å². The predicted molar refractivity (Wildman–Crippen MR) is 73.1 cm³/mol. The van der Waals surface area contributed by atoms with Crippen LogP contribution in [0.4, 0.5) is 4.39 Å². The number of aromatic nitrogens is 2. The number of aliphatic hydroxyl groups is 1. The molecule has 1 N–H and O–H groups in total. The number of halogens is 3. The number of aryl methyl sites for hydroxylation is 2. The minimum absolute atomic E-state index is 0.00259. The maximum Gasteiger partial charge on any atom is 0.223 e. The molecule has 0 aliphatic rings. The Bertz CT molecular complexity index is 631. The van der Waals surface area contributed by atoms with E-state index in [4.69, 9.17) is 16.3 Å². The van der Waals surface area contributed by atoms with Crippen molar-refractivity contribution in [2.45, 2.75) is 13.5 Å². The first-order chi connectivity index (χ1) is 8.93. The molecule has 1 heterocycles. The second-order valence-corrected chi connectivity index (χ2v) is 5.21. The van der Waals surface area contributed by atoms with Crippen molar-refractivity contribution in [3.63, 3.8) is 0 Å². The average Bonchev–Trinajstić information content (AvgIpc) is 2.60. The third kappa shape index (κ3) is 2.75. The molecule has 7 heteroatoms. The molecule has 0 unspecified atom stereocenters. The van der Waals surface area contributed by atoms with Crippen LogP contribution in [0.25, 0.3) is 0 Å². The normalized spacial score (nSPS) is 10.8. The molecule has 0 fully saturated rings. The van der Waals surface area contributed by atoms with Gasteiger partial charge < -0.3 is 9.84 Å². The first kappa shape index (κ1) is 14.3. The Morgan fingerprint density at radius 3 is 2.84 bits per heavy atom. The quantitative estimate of drug-likeness (QED) is 0.862. The van der Waals surface area contributed by atoms with E-state index < -0.39 is 5.82 Å². The minimum Gasteiger partial charge on any atom is -0.438 e. The Morgan fingerprint density at radius 1 is 1.53 bits per heavy atom. The number of rotatable bonds is 3. The molecule has 1 aromatic carbocycles. The van der Waals surface area contributed by atoms with Crippen molar-refractivity contribution in [1.29, 1.82) is 0 Å². The lowest BCUT2D eigenvalue weighted by Crippen LogP contribution is -1.98. The van der Waals surface area contributed by atoms with Crippen molar-refractivity contribution in [1.82, 2.24) is 9.78 Å². The van der Waals surface area contributed by atoms with Gasteiger partial charge in [-0.1, -0.05) is 11.6 Å². The minimum atomic E-state index is -0.579. The van der Waals surface area contributed by atoms with E-state index in [0.717, 1.165) is 0 Å². The van der Waals surface area contributed by atoms with Gasteiger partial charge in [-0.2, -0.15) is 5.10 Å². The second kappa shape index (κ2) is 5.48. The summed E-state index contributed by atoms with van der Waals surface area (Å²) in [7, 11) is 1.68. The molecule has 0 aliphatic carbocycles.